The average Bonchev–Trinajstić information content (AvgIpc) is 3.39. The van der Waals surface area contributed by atoms with E-state index in [1.54, 1.807) is 12.3 Å². The van der Waals surface area contributed by atoms with E-state index in [-0.39, 0.29) is 24.0 Å². The quantitative estimate of drug-likeness (QED) is 0.508. The van der Waals surface area contributed by atoms with Gasteiger partial charge in [0.15, 0.2) is 5.76 Å². The molecule has 1 aliphatic carbocycles. The topological polar surface area (TPSA) is 73.6 Å². The number of carbonyl (C=O) groups is 1. The summed E-state index contributed by atoms with van der Waals surface area (Å²) in [6.07, 6.45) is 6.63. The molecule has 1 fully saturated rings. The summed E-state index contributed by atoms with van der Waals surface area (Å²) in [5.41, 5.74) is 2.20. The van der Waals surface area contributed by atoms with Crippen LogP contribution in [0.25, 0.3) is 0 Å². The standard InChI is InChI=1S/C26H27ClN2O4/c27-25-21-10-11-22(17-4-2-1-3-5-17)32-23(21)12-13-24(25)31-19-8-6-18(7-9-19)26(30)28-16-20-14-15-29-33-20/h1-5,12-15,18-19,22H,6-11,16H2,(H,28,30). The fraction of sp³-hybridized carbons (Fsp3) is 0.385. The van der Waals surface area contributed by atoms with Gasteiger partial charge in [0.25, 0.3) is 0 Å². The number of ether oxygens (including phenoxy) is 2. The number of aromatic nitrogens is 1. The Labute approximate surface area is 198 Å². The molecule has 1 atom stereocenters. The maximum Gasteiger partial charge on any atom is 0.223 e. The number of fused-ring (bicyclic) bond motifs is 1. The Morgan fingerprint density at radius 1 is 1.06 bits per heavy atom. The van der Waals surface area contributed by atoms with Crippen LogP contribution in [0.3, 0.4) is 0 Å². The van der Waals surface area contributed by atoms with Crippen LogP contribution in [0.2, 0.25) is 5.02 Å². The van der Waals surface area contributed by atoms with Crippen molar-refractivity contribution in [2.24, 2.45) is 5.92 Å². The smallest absolute Gasteiger partial charge is 0.223 e. The monoisotopic (exact) mass is 466 g/mol. The van der Waals surface area contributed by atoms with E-state index in [0.29, 0.717) is 23.1 Å². The molecular weight excluding hydrogens is 440 g/mol. The van der Waals surface area contributed by atoms with Crippen LogP contribution in [0.1, 0.15) is 55.1 Å². The van der Waals surface area contributed by atoms with E-state index in [2.05, 4.69) is 22.6 Å². The van der Waals surface area contributed by atoms with E-state index < -0.39 is 0 Å². The van der Waals surface area contributed by atoms with E-state index in [1.165, 1.54) is 5.56 Å². The molecule has 172 valence electrons. The highest BCUT2D eigenvalue weighted by molar-refractivity contribution is 6.33. The zero-order valence-corrected chi connectivity index (χ0v) is 19.1. The molecule has 0 radical (unpaired) electrons. The summed E-state index contributed by atoms with van der Waals surface area (Å²) in [6.45, 7) is 0.368. The Morgan fingerprint density at radius 3 is 2.64 bits per heavy atom. The molecule has 7 heteroatoms. The molecule has 1 N–H and O–H groups in total. The van der Waals surface area contributed by atoms with Crippen LogP contribution < -0.4 is 14.8 Å². The van der Waals surface area contributed by atoms with Crippen LogP contribution in [-0.4, -0.2) is 17.2 Å². The molecule has 1 amide bonds. The summed E-state index contributed by atoms with van der Waals surface area (Å²) in [4.78, 5) is 12.5. The number of hydrogen-bond donors (Lipinski definition) is 1. The van der Waals surface area contributed by atoms with Crippen molar-refractivity contribution < 1.29 is 18.8 Å². The first-order valence-corrected chi connectivity index (χ1v) is 11.9. The summed E-state index contributed by atoms with van der Waals surface area (Å²) in [6, 6.07) is 15.9. The van der Waals surface area contributed by atoms with Gasteiger partial charge in [-0.3, -0.25) is 4.79 Å². The Kier molecular flexibility index (Phi) is 6.53. The summed E-state index contributed by atoms with van der Waals surface area (Å²) < 4.78 is 17.5. The van der Waals surface area contributed by atoms with Gasteiger partial charge in [0.1, 0.15) is 17.6 Å². The van der Waals surface area contributed by atoms with Gasteiger partial charge >= 0.3 is 0 Å². The molecule has 1 saturated carbocycles. The van der Waals surface area contributed by atoms with Crippen molar-refractivity contribution in [3.63, 3.8) is 0 Å². The van der Waals surface area contributed by atoms with E-state index in [0.717, 1.165) is 49.8 Å². The number of carbonyl (C=O) groups excluding carboxylic acids is 1. The predicted molar refractivity (Wildman–Crippen MR) is 124 cm³/mol. The molecule has 6 nitrogen and oxygen atoms in total. The van der Waals surface area contributed by atoms with Gasteiger partial charge in [0.05, 0.1) is 23.9 Å². The molecule has 1 aliphatic heterocycles. The predicted octanol–water partition coefficient (Wildman–Crippen LogP) is 5.65. The maximum absolute atomic E-state index is 12.5. The van der Waals surface area contributed by atoms with Gasteiger partial charge in [-0.15, -0.1) is 0 Å². The minimum atomic E-state index is -0.00454. The molecule has 2 aromatic carbocycles. The molecule has 2 heterocycles. The van der Waals surface area contributed by atoms with E-state index in [9.17, 15) is 4.79 Å². The molecule has 1 unspecified atom stereocenters. The minimum Gasteiger partial charge on any atom is -0.489 e. The minimum absolute atomic E-state index is 0.00454. The fourth-order valence-corrected chi connectivity index (χ4v) is 4.98. The summed E-state index contributed by atoms with van der Waals surface area (Å²) >= 11 is 6.73. The molecular formula is C26H27ClN2O4. The largest absolute Gasteiger partial charge is 0.489 e. The Hall–Kier alpha value is -2.99. The first-order valence-electron chi connectivity index (χ1n) is 11.5. The second kappa shape index (κ2) is 9.87. The van der Waals surface area contributed by atoms with Crippen LogP contribution in [0.15, 0.2) is 59.3 Å². The number of halogens is 1. The van der Waals surface area contributed by atoms with Crippen LogP contribution >= 0.6 is 11.6 Å². The molecule has 2 aliphatic rings. The van der Waals surface area contributed by atoms with Crippen LogP contribution in [0.5, 0.6) is 11.5 Å². The highest BCUT2D eigenvalue weighted by Crippen LogP contribution is 2.43. The summed E-state index contributed by atoms with van der Waals surface area (Å²) in [7, 11) is 0. The first-order chi connectivity index (χ1) is 16.2. The van der Waals surface area contributed by atoms with Crippen molar-refractivity contribution in [2.45, 2.75) is 57.3 Å². The number of hydrogen-bond acceptors (Lipinski definition) is 5. The van der Waals surface area contributed by atoms with Gasteiger partial charge in [-0.05, 0) is 56.2 Å². The first kappa shape index (κ1) is 21.8. The number of amides is 1. The van der Waals surface area contributed by atoms with E-state index in [1.807, 2.05) is 30.3 Å². The Balaban J connectivity index is 1.15. The number of benzene rings is 2. The molecule has 5 rings (SSSR count). The molecule has 0 spiro atoms. The Morgan fingerprint density at radius 2 is 1.88 bits per heavy atom. The number of nitrogens with zero attached hydrogens (tertiary/aromatic N) is 1. The van der Waals surface area contributed by atoms with Gasteiger partial charge < -0.3 is 19.3 Å². The fourth-order valence-electron chi connectivity index (χ4n) is 4.68. The summed E-state index contributed by atoms with van der Waals surface area (Å²) in [5.74, 6) is 2.24. The number of rotatable bonds is 6. The van der Waals surface area contributed by atoms with Crippen molar-refractivity contribution in [1.29, 1.82) is 0 Å². The van der Waals surface area contributed by atoms with Gasteiger partial charge in [-0.1, -0.05) is 47.1 Å². The molecule has 1 aromatic heterocycles. The van der Waals surface area contributed by atoms with E-state index in [4.69, 9.17) is 25.6 Å². The molecule has 0 bridgehead atoms. The number of nitrogens with one attached hydrogen (secondary N) is 1. The van der Waals surface area contributed by atoms with Gasteiger partial charge in [0, 0.05) is 17.5 Å². The third-order valence-electron chi connectivity index (χ3n) is 6.53. The molecule has 0 saturated heterocycles. The average molecular weight is 467 g/mol. The zero-order valence-electron chi connectivity index (χ0n) is 18.3. The Bertz CT molecular complexity index is 1080. The van der Waals surface area contributed by atoms with Crippen molar-refractivity contribution in [1.82, 2.24) is 10.5 Å². The van der Waals surface area contributed by atoms with Gasteiger partial charge in [0.2, 0.25) is 5.91 Å². The lowest BCUT2D eigenvalue weighted by molar-refractivity contribution is -0.126. The van der Waals surface area contributed by atoms with Crippen molar-refractivity contribution in [3.05, 3.63) is 76.6 Å². The van der Waals surface area contributed by atoms with Crippen molar-refractivity contribution >= 4 is 17.5 Å². The van der Waals surface area contributed by atoms with Gasteiger partial charge in [-0.2, -0.15) is 0 Å². The molecule has 3 aromatic rings. The second-order valence-corrected chi connectivity index (χ2v) is 9.08. The van der Waals surface area contributed by atoms with Crippen LogP contribution in [0, 0.1) is 5.92 Å². The molecule has 33 heavy (non-hydrogen) atoms. The zero-order chi connectivity index (χ0) is 22.6. The highest BCUT2D eigenvalue weighted by atomic mass is 35.5. The van der Waals surface area contributed by atoms with Crippen LogP contribution in [-0.2, 0) is 17.8 Å². The van der Waals surface area contributed by atoms with E-state index >= 15 is 0 Å². The SMILES string of the molecule is O=C(NCc1ccno1)C1CCC(Oc2ccc3c(c2Cl)CCC(c2ccccc2)O3)CC1. The third-order valence-corrected chi connectivity index (χ3v) is 6.94. The lowest BCUT2D eigenvalue weighted by Crippen LogP contribution is -2.35. The van der Waals surface area contributed by atoms with Gasteiger partial charge in [-0.25, -0.2) is 0 Å². The normalized spacial score (nSPS) is 22.2. The lowest BCUT2D eigenvalue weighted by Gasteiger charge is -2.30. The lowest BCUT2D eigenvalue weighted by atomic mass is 9.86. The second-order valence-electron chi connectivity index (χ2n) is 8.70. The van der Waals surface area contributed by atoms with Crippen molar-refractivity contribution in [2.75, 3.05) is 0 Å². The van der Waals surface area contributed by atoms with Crippen LogP contribution in [0.4, 0.5) is 0 Å². The maximum atomic E-state index is 12.5. The third kappa shape index (κ3) is 5.01. The highest BCUT2D eigenvalue weighted by Gasteiger charge is 2.29. The summed E-state index contributed by atoms with van der Waals surface area (Å²) in [5, 5.41) is 7.23. The van der Waals surface area contributed by atoms with Crippen molar-refractivity contribution in [3.8, 4) is 11.5 Å².